The van der Waals surface area contributed by atoms with Gasteiger partial charge in [0.25, 0.3) is 0 Å². The molecule has 0 saturated heterocycles. The van der Waals surface area contributed by atoms with Gasteiger partial charge in [0.2, 0.25) is 0 Å². The van der Waals surface area contributed by atoms with Crippen LogP contribution in [0.5, 0.6) is 5.75 Å². The molecule has 2 aromatic rings. The van der Waals surface area contributed by atoms with E-state index in [0.29, 0.717) is 28.9 Å². The van der Waals surface area contributed by atoms with Gasteiger partial charge in [0.1, 0.15) is 12.4 Å². The van der Waals surface area contributed by atoms with Gasteiger partial charge < -0.3 is 10.5 Å². The molecule has 0 aliphatic rings. The summed E-state index contributed by atoms with van der Waals surface area (Å²) in [5.74, 6) is 0.617. The highest BCUT2D eigenvalue weighted by molar-refractivity contribution is 6.32. The van der Waals surface area contributed by atoms with Crippen molar-refractivity contribution >= 4 is 23.2 Å². The summed E-state index contributed by atoms with van der Waals surface area (Å²) >= 11 is 12.5. The standard InChI is InChI=1S/C15H19Cl2N3O/c1-3-12-15(17)13(20(4-2)19-12)9-21-14-6-5-10(8-18)7-11(14)16/h5-7H,3-4,8-9,18H2,1-2H3. The average molecular weight is 328 g/mol. The highest BCUT2D eigenvalue weighted by Gasteiger charge is 2.15. The molecule has 0 spiro atoms. The first-order valence-electron chi connectivity index (χ1n) is 6.96. The molecule has 0 fully saturated rings. The summed E-state index contributed by atoms with van der Waals surface area (Å²) in [6.07, 6.45) is 0.796. The number of aromatic nitrogens is 2. The van der Waals surface area contributed by atoms with Crippen LogP contribution in [0, 0.1) is 0 Å². The molecule has 0 unspecified atom stereocenters. The second kappa shape index (κ2) is 7.16. The summed E-state index contributed by atoms with van der Waals surface area (Å²) < 4.78 is 7.65. The second-order valence-electron chi connectivity index (χ2n) is 4.63. The topological polar surface area (TPSA) is 53.1 Å². The molecule has 1 heterocycles. The van der Waals surface area contributed by atoms with Crippen molar-refractivity contribution in [2.45, 2.75) is 40.0 Å². The Labute approximate surface area is 134 Å². The van der Waals surface area contributed by atoms with Gasteiger partial charge in [-0.25, -0.2) is 0 Å². The SMILES string of the molecule is CCc1nn(CC)c(COc2ccc(CN)cc2Cl)c1Cl. The van der Waals surface area contributed by atoms with Gasteiger partial charge in [-0.3, -0.25) is 4.68 Å². The van der Waals surface area contributed by atoms with Gasteiger partial charge in [0.05, 0.1) is 21.4 Å². The third-order valence-electron chi connectivity index (χ3n) is 3.29. The molecule has 1 aromatic carbocycles. The first-order chi connectivity index (χ1) is 10.1. The first-order valence-corrected chi connectivity index (χ1v) is 7.71. The predicted molar refractivity (Wildman–Crippen MR) is 86.0 cm³/mol. The molecule has 2 N–H and O–H groups in total. The number of hydrogen-bond acceptors (Lipinski definition) is 3. The van der Waals surface area contributed by atoms with E-state index in [-0.39, 0.29) is 0 Å². The molecule has 21 heavy (non-hydrogen) atoms. The molecule has 0 saturated carbocycles. The fourth-order valence-electron chi connectivity index (χ4n) is 2.09. The van der Waals surface area contributed by atoms with Crippen LogP contribution in [0.15, 0.2) is 18.2 Å². The zero-order valence-corrected chi connectivity index (χ0v) is 13.7. The van der Waals surface area contributed by atoms with Crippen LogP contribution in [0.3, 0.4) is 0 Å². The number of nitrogens with two attached hydrogens (primary N) is 1. The molecule has 1 aromatic heterocycles. The van der Waals surface area contributed by atoms with Crippen LogP contribution < -0.4 is 10.5 Å². The van der Waals surface area contributed by atoms with Gasteiger partial charge in [-0.2, -0.15) is 5.10 Å². The zero-order chi connectivity index (χ0) is 15.4. The van der Waals surface area contributed by atoms with Gasteiger partial charge in [-0.1, -0.05) is 36.2 Å². The van der Waals surface area contributed by atoms with Crippen LogP contribution in [0.25, 0.3) is 0 Å². The number of halogens is 2. The Balaban J connectivity index is 2.18. The Hall–Kier alpha value is -1.23. The molecule has 6 heteroatoms. The maximum Gasteiger partial charge on any atom is 0.138 e. The Kier molecular flexibility index (Phi) is 5.51. The van der Waals surface area contributed by atoms with Crippen molar-refractivity contribution in [3.63, 3.8) is 0 Å². The van der Waals surface area contributed by atoms with Crippen molar-refractivity contribution in [2.75, 3.05) is 0 Å². The molecule has 114 valence electrons. The summed E-state index contributed by atoms with van der Waals surface area (Å²) in [6, 6.07) is 5.54. The van der Waals surface area contributed by atoms with Crippen molar-refractivity contribution in [1.82, 2.24) is 9.78 Å². The Bertz CT molecular complexity index is 626. The van der Waals surface area contributed by atoms with Crippen molar-refractivity contribution in [2.24, 2.45) is 5.73 Å². The number of hydrogen-bond donors (Lipinski definition) is 1. The zero-order valence-electron chi connectivity index (χ0n) is 12.2. The molecule has 2 rings (SSSR count). The lowest BCUT2D eigenvalue weighted by molar-refractivity contribution is 0.292. The molecule has 0 amide bonds. The van der Waals surface area contributed by atoms with Crippen LogP contribution >= 0.6 is 23.2 Å². The first kappa shape index (κ1) is 16.1. The third kappa shape index (κ3) is 3.51. The van der Waals surface area contributed by atoms with Gasteiger partial charge in [0.15, 0.2) is 0 Å². The van der Waals surface area contributed by atoms with E-state index in [0.717, 1.165) is 29.9 Å². The van der Waals surface area contributed by atoms with Gasteiger partial charge in [0, 0.05) is 13.1 Å². The minimum atomic E-state index is 0.335. The van der Waals surface area contributed by atoms with E-state index < -0.39 is 0 Å². The maximum absolute atomic E-state index is 6.35. The molecule has 0 atom stereocenters. The molecule has 0 aliphatic heterocycles. The van der Waals surface area contributed by atoms with Crippen molar-refractivity contribution in [1.29, 1.82) is 0 Å². The smallest absolute Gasteiger partial charge is 0.138 e. The summed E-state index contributed by atoms with van der Waals surface area (Å²) in [5.41, 5.74) is 8.31. The van der Waals surface area contributed by atoms with Crippen molar-refractivity contribution in [3.05, 3.63) is 45.2 Å². The van der Waals surface area contributed by atoms with Gasteiger partial charge >= 0.3 is 0 Å². The number of benzene rings is 1. The predicted octanol–water partition coefficient (Wildman–Crippen LogP) is 3.81. The largest absolute Gasteiger partial charge is 0.486 e. The molecular formula is C15H19Cl2N3O. The number of rotatable bonds is 6. The van der Waals surface area contributed by atoms with E-state index in [1.807, 2.05) is 36.7 Å². The van der Waals surface area contributed by atoms with E-state index in [1.54, 1.807) is 0 Å². The normalized spacial score (nSPS) is 10.9. The van der Waals surface area contributed by atoms with Crippen LogP contribution in [0.2, 0.25) is 10.0 Å². The van der Waals surface area contributed by atoms with Gasteiger partial charge in [-0.15, -0.1) is 0 Å². The Morgan fingerprint density at radius 1 is 1.29 bits per heavy atom. The molecule has 0 aliphatic carbocycles. The fourth-order valence-corrected chi connectivity index (χ4v) is 2.67. The molecular weight excluding hydrogens is 309 g/mol. The highest BCUT2D eigenvalue weighted by Crippen LogP contribution is 2.28. The Morgan fingerprint density at radius 2 is 2.05 bits per heavy atom. The third-order valence-corrected chi connectivity index (χ3v) is 4.02. The summed E-state index contributed by atoms with van der Waals surface area (Å²) in [5, 5.41) is 5.69. The highest BCUT2D eigenvalue weighted by atomic mass is 35.5. The fraction of sp³-hybridized carbons (Fsp3) is 0.400. The monoisotopic (exact) mass is 327 g/mol. The van der Waals surface area contributed by atoms with Crippen LogP contribution in [-0.4, -0.2) is 9.78 Å². The van der Waals surface area contributed by atoms with E-state index in [4.69, 9.17) is 33.7 Å². The van der Waals surface area contributed by atoms with Crippen molar-refractivity contribution < 1.29 is 4.74 Å². The molecule has 4 nitrogen and oxygen atoms in total. The van der Waals surface area contributed by atoms with Gasteiger partial charge in [-0.05, 0) is 31.0 Å². The van der Waals surface area contributed by atoms with E-state index in [2.05, 4.69) is 5.10 Å². The number of aryl methyl sites for hydroxylation is 2. The van der Waals surface area contributed by atoms with Crippen LogP contribution in [-0.2, 0) is 26.1 Å². The van der Waals surface area contributed by atoms with Crippen molar-refractivity contribution in [3.8, 4) is 5.75 Å². The summed E-state index contributed by atoms with van der Waals surface area (Å²) in [6.45, 7) is 5.59. The Morgan fingerprint density at radius 3 is 2.62 bits per heavy atom. The lowest BCUT2D eigenvalue weighted by Crippen LogP contribution is -2.07. The number of nitrogens with zero attached hydrogens (tertiary/aromatic N) is 2. The van der Waals surface area contributed by atoms with E-state index in [9.17, 15) is 0 Å². The lowest BCUT2D eigenvalue weighted by atomic mass is 10.2. The minimum absolute atomic E-state index is 0.335. The quantitative estimate of drug-likeness (QED) is 0.877. The van der Waals surface area contributed by atoms with E-state index >= 15 is 0 Å². The average Bonchev–Trinajstić information content (AvgIpc) is 2.81. The summed E-state index contributed by atoms with van der Waals surface area (Å²) in [7, 11) is 0. The number of ether oxygens (including phenoxy) is 1. The maximum atomic E-state index is 6.35. The minimum Gasteiger partial charge on any atom is -0.486 e. The van der Waals surface area contributed by atoms with Crippen LogP contribution in [0.4, 0.5) is 0 Å². The molecule has 0 radical (unpaired) electrons. The second-order valence-corrected chi connectivity index (χ2v) is 5.42. The van der Waals surface area contributed by atoms with Crippen LogP contribution in [0.1, 0.15) is 30.8 Å². The molecule has 0 bridgehead atoms. The van der Waals surface area contributed by atoms with E-state index in [1.165, 1.54) is 0 Å². The lowest BCUT2D eigenvalue weighted by Gasteiger charge is -2.10. The summed E-state index contributed by atoms with van der Waals surface area (Å²) in [4.78, 5) is 0.